The van der Waals surface area contributed by atoms with Gasteiger partial charge in [-0.05, 0) is 36.6 Å². The van der Waals surface area contributed by atoms with Crippen molar-refractivity contribution in [2.24, 2.45) is 5.73 Å². The average Bonchev–Trinajstić information content (AvgIpc) is 2.28. The minimum atomic E-state index is -0.310. The molecule has 94 valence electrons. The number of benzene rings is 1. The van der Waals surface area contributed by atoms with Crippen LogP contribution in [0.3, 0.4) is 0 Å². The van der Waals surface area contributed by atoms with Gasteiger partial charge in [-0.1, -0.05) is 18.5 Å². The first-order chi connectivity index (χ1) is 8.15. The summed E-state index contributed by atoms with van der Waals surface area (Å²) in [7, 11) is 0. The third kappa shape index (κ3) is 5.20. The van der Waals surface area contributed by atoms with Gasteiger partial charge in [0.05, 0.1) is 0 Å². The van der Waals surface area contributed by atoms with Crippen LogP contribution in [0.4, 0.5) is 4.39 Å². The lowest BCUT2D eigenvalue weighted by molar-refractivity contribution is 0.360. The molecule has 0 aliphatic carbocycles. The van der Waals surface area contributed by atoms with Crippen LogP contribution < -0.4 is 10.5 Å². The van der Waals surface area contributed by atoms with Gasteiger partial charge in [-0.3, -0.25) is 0 Å². The second-order valence-corrected chi connectivity index (χ2v) is 4.09. The Kier molecular flexibility index (Phi) is 6.01. The minimum Gasteiger partial charge on any atom is -0.489 e. The predicted octanol–water partition coefficient (Wildman–Crippen LogP) is 3.24. The van der Waals surface area contributed by atoms with Gasteiger partial charge in [0, 0.05) is 17.6 Å². The summed E-state index contributed by atoms with van der Waals surface area (Å²) < 4.78 is 18.7. The van der Waals surface area contributed by atoms with Crippen LogP contribution in [-0.2, 0) is 6.42 Å². The maximum atomic E-state index is 13.3. The molecule has 0 radical (unpaired) electrons. The van der Waals surface area contributed by atoms with E-state index in [4.69, 9.17) is 22.1 Å². The topological polar surface area (TPSA) is 35.2 Å². The number of hydrogen-bond donors (Lipinski definition) is 1. The van der Waals surface area contributed by atoms with Gasteiger partial charge in [0.2, 0.25) is 0 Å². The van der Waals surface area contributed by atoms with Crippen molar-refractivity contribution in [3.63, 3.8) is 0 Å². The van der Waals surface area contributed by atoms with E-state index < -0.39 is 0 Å². The number of halogens is 2. The zero-order chi connectivity index (χ0) is 12.7. The monoisotopic (exact) mass is 257 g/mol. The van der Waals surface area contributed by atoms with Gasteiger partial charge in [0.15, 0.2) is 0 Å². The molecule has 17 heavy (non-hydrogen) atoms. The molecule has 2 nitrogen and oxygen atoms in total. The largest absolute Gasteiger partial charge is 0.489 e. The SMILES string of the molecule is CCC(N)Cc1cc(F)cc(OC/C=C/Cl)c1. The molecule has 1 atom stereocenters. The van der Waals surface area contributed by atoms with Crippen molar-refractivity contribution >= 4 is 11.6 Å². The summed E-state index contributed by atoms with van der Waals surface area (Å²) in [5.74, 6) is 0.189. The first-order valence-electron chi connectivity index (χ1n) is 5.58. The Labute approximate surface area is 106 Å². The zero-order valence-electron chi connectivity index (χ0n) is 9.83. The molecule has 4 heteroatoms. The normalized spacial score (nSPS) is 12.9. The van der Waals surface area contributed by atoms with Crippen LogP contribution in [0.2, 0.25) is 0 Å². The highest BCUT2D eigenvalue weighted by molar-refractivity contribution is 6.25. The van der Waals surface area contributed by atoms with Gasteiger partial charge in [-0.2, -0.15) is 0 Å². The summed E-state index contributed by atoms with van der Waals surface area (Å²) in [6.45, 7) is 2.33. The Morgan fingerprint density at radius 1 is 1.47 bits per heavy atom. The van der Waals surface area contributed by atoms with Crippen LogP contribution in [0, 0.1) is 5.82 Å². The van der Waals surface area contributed by atoms with Gasteiger partial charge >= 0.3 is 0 Å². The molecule has 0 saturated heterocycles. The maximum absolute atomic E-state index is 13.3. The van der Waals surface area contributed by atoms with Gasteiger partial charge in [-0.25, -0.2) is 4.39 Å². The Bertz CT molecular complexity index is 382. The van der Waals surface area contributed by atoms with Crippen LogP contribution in [0.5, 0.6) is 5.75 Å². The smallest absolute Gasteiger partial charge is 0.127 e. The molecule has 0 spiro atoms. The molecule has 1 unspecified atom stereocenters. The molecule has 0 aliphatic heterocycles. The van der Waals surface area contributed by atoms with Crippen molar-refractivity contribution < 1.29 is 9.13 Å². The summed E-state index contributed by atoms with van der Waals surface area (Å²) in [5, 5.41) is 0. The second kappa shape index (κ2) is 7.30. The maximum Gasteiger partial charge on any atom is 0.127 e. The van der Waals surface area contributed by atoms with Gasteiger partial charge < -0.3 is 10.5 Å². The Balaban J connectivity index is 2.71. The van der Waals surface area contributed by atoms with Gasteiger partial charge in [0.25, 0.3) is 0 Å². The fraction of sp³-hybridized carbons (Fsp3) is 0.385. The van der Waals surface area contributed by atoms with E-state index in [1.54, 1.807) is 12.1 Å². The van der Waals surface area contributed by atoms with E-state index in [9.17, 15) is 4.39 Å². The van der Waals surface area contributed by atoms with Crippen molar-refractivity contribution in [3.05, 3.63) is 41.2 Å². The highest BCUT2D eigenvalue weighted by Gasteiger charge is 2.05. The van der Waals surface area contributed by atoms with E-state index in [1.165, 1.54) is 17.7 Å². The average molecular weight is 258 g/mol. The van der Waals surface area contributed by atoms with E-state index in [2.05, 4.69) is 0 Å². The Morgan fingerprint density at radius 3 is 2.88 bits per heavy atom. The summed E-state index contributed by atoms with van der Waals surface area (Å²) >= 11 is 5.37. The summed E-state index contributed by atoms with van der Waals surface area (Å²) in [5.41, 5.74) is 8.05. The molecule has 0 fully saturated rings. The fourth-order valence-electron chi connectivity index (χ4n) is 1.45. The third-order valence-electron chi connectivity index (χ3n) is 2.39. The first kappa shape index (κ1) is 14.0. The van der Waals surface area contributed by atoms with E-state index in [-0.39, 0.29) is 11.9 Å². The number of hydrogen-bond acceptors (Lipinski definition) is 2. The van der Waals surface area contributed by atoms with E-state index in [1.807, 2.05) is 6.92 Å². The highest BCUT2D eigenvalue weighted by atomic mass is 35.5. The zero-order valence-corrected chi connectivity index (χ0v) is 10.6. The Hall–Kier alpha value is -1.06. The van der Waals surface area contributed by atoms with Crippen LogP contribution in [-0.4, -0.2) is 12.6 Å². The molecule has 1 aromatic rings. The third-order valence-corrected chi connectivity index (χ3v) is 2.57. The van der Waals surface area contributed by atoms with E-state index >= 15 is 0 Å². The molecule has 0 aliphatic rings. The molecular formula is C13H17ClFNO. The lowest BCUT2D eigenvalue weighted by Crippen LogP contribution is -2.21. The molecule has 0 bridgehead atoms. The van der Waals surface area contributed by atoms with Crippen molar-refractivity contribution in [1.82, 2.24) is 0 Å². The quantitative estimate of drug-likeness (QED) is 0.849. The van der Waals surface area contributed by atoms with Gasteiger partial charge in [0.1, 0.15) is 18.2 Å². The van der Waals surface area contributed by atoms with Crippen LogP contribution in [0.15, 0.2) is 29.8 Å². The standard InChI is InChI=1S/C13H17ClFNO/c1-2-12(16)7-10-6-11(15)9-13(8-10)17-5-3-4-14/h3-4,6,8-9,12H,2,5,7,16H2,1H3/b4-3+. The fourth-order valence-corrected chi connectivity index (χ4v) is 1.52. The molecule has 0 heterocycles. The summed E-state index contributed by atoms with van der Waals surface area (Å²) in [4.78, 5) is 0. The number of nitrogens with two attached hydrogens (primary N) is 1. The number of ether oxygens (including phenoxy) is 1. The molecule has 2 N–H and O–H groups in total. The minimum absolute atomic E-state index is 0.0485. The lowest BCUT2D eigenvalue weighted by atomic mass is 10.0. The second-order valence-electron chi connectivity index (χ2n) is 3.84. The van der Waals surface area contributed by atoms with Crippen LogP contribution in [0.1, 0.15) is 18.9 Å². The van der Waals surface area contributed by atoms with Crippen molar-refractivity contribution in [2.75, 3.05) is 6.61 Å². The first-order valence-corrected chi connectivity index (χ1v) is 6.02. The lowest BCUT2D eigenvalue weighted by Gasteiger charge is -2.10. The molecule has 0 saturated carbocycles. The molecule has 1 rings (SSSR count). The molecule has 0 aromatic heterocycles. The highest BCUT2D eigenvalue weighted by Crippen LogP contribution is 2.18. The van der Waals surface area contributed by atoms with E-state index in [0.717, 1.165) is 12.0 Å². The summed E-state index contributed by atoms with van der Waals surface area (Å²) in [6.07, 6.45) is 3.15. The van der Waals surface area contributed by atoms with Gasteiger partial charge in [-0.15, -0.1) is 0 Å². The molecule has 0 amide bonds. The molecule has 1 aromatic carbocycles. The molecular weight excluding hydrogens is 241 g/mol. The van der Waals surface area contributed by atoms with Crippen LogP contribution >= 0.6 is 11.6 Å². The predicted molar refractivity (Wildman–Crippen MR) is 68.9 cm³/mol. The van der Waals surface area contributed by atoms with Crippen molar-refractivity contribution in [1.29, 1.82) is 0 Å². The van der Waals surface area contributed by atoms with Crippen LogP contribution in [0.25, 0.3) is 0 Å². The summed E-state index contributed by atoms with van der Waals surface area (Å²) in [6, 6.07) is 4.69. The number of rotatable bonds is 6. The van der Waals surface area contributed by atoms with E-state index in [0.29, 0.717) is 18.8 Å². The van der Waals surface area contributed by atoms with Crippen molar-refractivity contribution in [2.45, 2.75) is 25.8 Å². The Morgan fingerprint density at radius 2 is 2.24 bits per heavy atom. The van der Waals surface area contributed by atoms with Crippen molar-refractivity contribution in [3.8, 4) is 5.75 Å².